The van der Waals surface area contributed by atoms with Crippen LogP contribution in [-0.4, -0.2) is 35.5 Å². The number of carbonyl (C=O) groups is 3. The van der Waals surface area contributed by atoms with E-state index in [4.69, 9.17) is 8.83 Å². The van der Waals surface area contributed by atoms with Crippen LogP contribution < -0.4 is 16.3 Å². The third-order valence-corrected chi connectivity index (χ3v) is 6.63. The molecular formula is C27H34N2O7. The summed E-state index contributed by atoms with van der Waals surface area (Å²) < 4.78 is 11.2. The normalized spacial score (nSPS) is 13.5. The number of carboxylic acids is 1. The third kappa shape index (κ3) is 5.78. The van der Waals surface area contributed by atoms with E-state index < -0.39 is 29.5 Å². The summed E-state index contributed by atoms with van der Waals surface area (Å²) in [6, 6.07) is 2.65. The van der Waals surface area contributed by atoms with Gasteiger partial charge in [-0.25, -0.2) is 9.59 Å². The summed E-state index contributed by atoms with van der Waals surface area (Å²) in [5.41, 5.74) is 2.57. The van der Waals surface area contributed by atoms with Crippen LogP contribution in [0.25, 0.3) is 21.9 Å². The van der Waals surface area contributed by atoms with Crippen molar-refractivity contribution in [2.45, 2.75) is 72.3 Å². The van der Waals surface area contributed by atoms with Crippen LogP contribution in [0, 0.1) is 12.8 Å². The van der Waals surface area contributed by atoms with Crippen molar-refractivity contribution in [3.8, 4) is 0 Å². The molecule has 0 saturated heterocycles. The molecule has 0 radical (unpaired) electrons. The third-order valence-electron chi connectivity index (χ3n) is 6.63. The molecule has 2 atom stereocenters. The maximum atomic E-state index is 12.7. The van der Waals surface area contributed by atoms with E-state index in [1.54, 1.807) is 19.3 Å². The Balaban J connectivity index is 1.72. The molecule has 0 aliphatic rings. The molecule has 2 unspecified atom stereocenters. The van der Waals surface area contributed by atoms with Crippen molar-refractivity contribution in [1.29, 1.82) is 0 Å². The number of amides is 2. The SMILES string of the molecule is CCC(C)C(NC(=O)CNC(=O)CCc1c(C)c2cc3c(C(C)(C)C)coc3cc2oc1=O)C(=O)O. The van der Waals surface area contributed by atoms with Crippen molar-refractivity contribution in [2.24, 2.45) is 5.92 Å². The zero-order valence-electron chi connectivity index (χ0n) is 21.6. The van der Waals surface area contributed by atoms with Crippen LogP contribution >= 0.6 is 0 Å². The van der Waals surface area contributed by atoms with Gasteiger partial charge in [-0.3, -0.25) is 9.59 Å². The van der Waals surface area contributed by atoms with E-state index in [0.29, 0.717) is 23.2 Å². The monoisotopic (exact) mass is 498 g/mol. The summed E-state index contributed by atoms with van der Waals surface area (Å²) in [7, 11) is 0. The number of carbonyl (C=O) groups excluding carboxylic acids is 2. The summed E-state index contributed by atoms with van der Waals surface area (Å²) in [5, 5.41) is 15.9. The molecule has 3 rings (SSSR count). The Morgan fingerprint density at radius 2 is 1.78 bits per heavy atom. The van der Waals surface area contributed by atoms with Crippen LogP contribution in [0.2, 0.25) is 0 Å². The first kappa shape index (κ1) is 27.0. The van der Waals surface area contributed by atoms with Crippen molar-refractivity contribution >= 4 is 39.7 Å². The maximum absolute atomic E-state index is 12.7. The van der Waals surface area contributed by atoms with Crippen molar-refractivity contribution in [3.05, 3.63) is 45.5 Å². The Morgan fingerprint density at radius 1 is 1.08 bits per heavy atom. The van der Waals surface area contributed by atoms with E-state index in [-0.39, 0.29) is 30.7 Å². The largest absolute Gasteiger partial charge is 0.480 e. The first-order valence-corrected chi connectivity index (χ1v) is 12.1. The Morgan fingerprint density at radius 3 is 2.39 bits per heavy atom. The lowest BCUT2D eigenvalue weighted by atomic mass is 9.86. The van der Waals surface area contributed by atoms with Crippen LogP contribution in [0.15, 0.2) is 32.0 Å². The minimum atomic E-state index is -1.12. The number of aliphatic carboxylic acids is 1. The van der Waals surface area contributed by atoms with E-state index >= 15 is 0 Å². The zero-order valence-corrected chi connectivity index (χ0v) is 21.6. The molecule has 9 nitrogen and oxygen atoms in total. The zero-order chi connectivity index (χ0) is 26.8. The van der Waals surface area contributed by atoms with Crippen LogP contribution in [0.5, 0.6) is 0 Å². The molecule has 194 valence electrons. The van der Waals surface area contributed by atoms with Gasteiger partial charge in [-0.2, -0.15) is 0 Å². The van der Waals surface area contributed by atoms with Crippen LogP contribution in [0.4, 0.5) is 0 Å². The summed E-state index contributed by atoms with van der Waals surface area (Å²) in [5.74, 6) is -2.39. The van der Waals surface area contributed by atoms with Crippen molar-refractivity contribution in [2.75, 3.05) is 6.54 Å². The van der Waals surface area contributed by atoms with Gasteiger partial charge in [0.2, 0.25) is 11.8 Å². The molecule has 0 aliphatic heterocycles. The van der Waals surface area contributed by atoms with E-state index in [0.717, 1.165) is 21.9 Å². The van der Waals surface area contributed by atoms with Crippen molar-refractivity contribution < 1.29 is 28.3 Å². The Kier molecular flexibility index (Phi) is 7.91. The van der Waals surface area contributed by atoms with Gasteiger partial charge in [0.25, 0.3) is 0 Å². The number of carboxylic acid groups (broad SMARTS) is 1. The first-order chi connectivity index (χ1) is 16.8. The quantitative estimate of drug-likeness (QED) is 0.381. The molecule has 1 aromatic carbocycles. The number of benzene rings is 1. The van der Waals surface area contributed by atoms with E-state index in [2.05, 4.69) is 31.4 Å². The minimum absolute atomic E-state index is 0.0285. The molecular weight excluding hydrogens is 464 g/mol. The second-order valence-corrected chi connectivity index (χ2v) is 10.3. The van der Waals surface area contributed by atoms with E-state index in [1.807, 2.05) is 19.9 Å². The molecule has 0 bridgehead atoms. The summed E-state index contributed by atoms with van der Waals surface area (Å²) in [6.45, 7) is 11.3. The number of fused-ring (bicyclic) bond motifs is 2. The summed E-state index contributed by atoms with van der Waals surface area (Å²) in [6.07, 6.45) is 2.41. The van der Waals surface area contributed by atoms with Gasteiger partial charge in [0.15, 0.2) is 0 Å². The molecule has 3 N–H and O–H groups in total. The Hall–Kier alpha value is -3.62. The summed E-state index contributed by atoms with van der Waals surface area (Å²) in [4.78, 5) is 48.5. The highest BCUT2D eigenvalue weighted by Gasteiger charge is 2.25. The predicted octanol–water partition coefficient (Wildman–Crippen LogP) is 3.81. The Labute approximate surface area is 209 Å². The topological polar surface area (TPSA) is 139 Å². The van der Waals surface area contributed by atoms with E-state index in [1.165, 1.54) is 0 Å². The lowest BCUT2D eigenvalue weighted by molar-refractivity contribution is -0.143. The number of hydrogen-bond donors (Lipinski definition) is 3. The maximum Gasteiger partial charge on any atom is 0.339 e. The fourth-order valence-corrected chi connectivity index (χ4v) is 4.19. The van der Waals surface area contributed by atoms with Crippen LogP contribution in [0.3, 0.4) is 0 Å². The predicted molar refractivity (Wildman–Crippen MR) is 136 cm³/mol. The molecule has 3 aromatic rings. The molecule has 0 aliphatic carbocycles. The second-order valence-electron chi connectivity index (χ2n) is 10.3. The van der Waals surface area contributed by atoms with Gasteiger partial charge in [0, 0.05) is 34.4 Å². The van der Waals surface area contributed by atoms with Crippen LogP contribution in [-0.2, 0) is 26.2 Å². The summed E-state index contributed by atoms with van der Waals surface area (Å²) >= 11 is 0. The Bertz CT molecular complexity index is 1360. The second kappa shape index (κ2) is 10.6. The van der Waals surface area contributed by atoms with Gasteiger partial charge in [0.05, 0.1) is 12.8 Å². The number of aryl methyl sites for hydroxylation is 1. The lowest BCUT2D eigenvalue weighted by Gasteiger charge is -2.20. The average Bonchev–Trinajstić information content (AvgIpc) is 3.22. The van der Waals surface area contributed by atoms with Gasteiger partial charge in [-0.05, 0) is 36.3 Å². The molecule has 2 heterocycles. The number of nitrogens with one attached hydrogen (secondary N) is 2. The van der Waals surface area contributed by atoms with Gasteiger partial charge in [0.1, 0.15) is 17.2 Å². The fraction of sp³-hybridized carbons (Fsp3) is 0.481. The molecule has 0 fully saturated rings. The molecule has 9 heteroatoms. The van der Waals surface area contributed by atoms with Gasteiger partial charge in [-0.1, -0.05) is 41.0 Å². The molecule has 2 amide bonds. The number of rotatable bonds is 9. The molecule has 36 heavy (non-hydrogen) atoms. The molecule has 0 spiro atoms. The van der Waals surface area contributed by atoms with Crippen molar-refractivity contribution in [3.63, 3.8) is 0 Å². The standard InChI is InChI=1S/C27H34N2O7/c1-7-14(2)24(25(32)33)29-23(31)12-28-22(30)9-8-16-15(3)17-10-18-19(27(4,5)6)13-35-20(18)11-21(17)36-26(16)34/h10-11,13-14,24H,7-9,12H2,1-6H3,(H,28,30)(H,29,31)(H,32,33). The highest BCUT2D eigenvalue weighted by molar-refractivity contribution is 5.97. The van der Waals surface area contributed by atoms with Crippen molar-refractivity contribution in [1.82, 2.24) is 10.6 Å². The van der Waals surface area contributed by atoms with Gasteiger partial charge >= 0.3 is 11.6 Å². The molecule has 0 saturated carbocycles. The van der Waals surface area contributed by atoms with Gasteiger partial charge in [-0.15, -0.1) is 0 Å². The fourth-order valence-electron chi connectivity index (χ4n) is 4.19. The average molecular weight is 499 g/mol. The van der Waals surface area contributed by atoms with Gasteiger partial charge < -0.3 is 24.6 Å². The smallest absolute Gasteiger partial charge is 0.339 e. The highest BCUT2D eigenvalue weighted by atomic mass is 16.4. The van der Waals surface area contributed by atoms with Crippen LogP contribution in [0.1, 0.15) is 64.2 Å². The van der Waals surface area contributed by atoms with E-state index in [9.17, 15) is 24.3 Å². The lowest BCUT2D eigenvalue weighted by Crippen LogP contribution is -2.48. The molecule has 2 aromatic heterocycles. The minimum Gasteiger partial charge on any atom is -0.480 e. The number of hydrogen-bond acceptors (Lipinski definition) is 6. The number of furan rings is 1. The first-order valence-electron chi connectivity index (χ1n) is 12.1. The highest BCUT2D eigenvalue weighted by Crippen LogP contribution is 2.35.